The Morgan fingerprint density at radius 1 is 1.00 bits per heavy atom. The first-order valence-electron chi connectivity index (χ1n) is 17.5. The molecule has 4 fully saturated rings. The van der Waals surface area contributed by atoms with Gasteiger partial charge < -0.3 is 32.8 Å². The minimum absolute atomic E-state index is 0.141. The largest absolute Gasteiger partial charge is 0.510 e. The Bertz CT molecular complexity index is 1630. The van der Waals surface area contributed by atoms with Gasteiger partial charge in [0.25, 0.3) is 0 Å². The van der Waals surface area contributed by atoms with Crippen LogP contribution < -0.4 is 0 Å². The summed E-state index contributed by atoms with van der Waals surface area (Å²) >= 11 is 0. The molecule has 1 spiro atoms. The van der Waals surface area contributed by atoms with Gasteiger partial charge in [-0.1, -0.05) is 52.8 Å². The third kappa shape index (κ3) is 4.75. The average Bonchev–Trinajstić information content (AvgIpc) is 3.46. The van der Waals surface area contributed by atoms with Gasteiger partial charge in [0.15, 0.2) is 25.8 Å². The molecule has 2 saturated carbocycles. The molecule has 12 nitrogen and oxygen atoms in total. The van der Waals surface area contributed by atoms with Gasteiger partial charge in [0.2, 0.25) is 17.5 Å². The molecule has 6 rings (SSSR count). The summed E-state index contributed by atoms with van der Waals surface area (Å²) in [6.07, 6.45) is -6.98. The van der Waals surface area contributed by atoms with Crippen LogP contribution in [0.25, 0.3) is 0 Å². The van der Waals surface area contributed by atoms with E-state index in [0.29, 0.717) is 5.57 Å². The molecule has 2 heterocycles. The molecule has 0 N–H and O–H groups in total. The first-order valence-corrected chi connectivity index (χ1v) is 20.0. The lowest BCUT2D eigenvalue weighted by Crippen LogP contribution is -2.83. The summed E-state index contributed by atoms with van der Waals surface area (Å²) in [5, 5.41) is 0. The first kappa shape index (κ1) is 36.4. The van der Waals surface area contributed by atoms with E-state index in [9.17, 15) is 19.2 Å². The standard InChI is InChI=1S/C37H48O12Si/c1-10-50(11-2,12-3)49-23-18-24-36(19-44-24,47-21(5)38)28-31(45-32(41)22-16-14-13-15-17-22)37-30(46-33(42)48-37)26(39)20(4)25(34(37,6)7)27(43-9)29(40)35(23,28)8/h13-17,23-24,27-28,30-31H,10-12,18-19H2,1-9H3/t23-,24+,27+,28-,30-,31-,35+,36-,37+/m0/s1. The van der Waals surface area contributed by atoms with Crippen LogP contribution in [-0.2, 0) is 47.2 Å². The van der Waals surface area contributed by atoms with Crippen LogP contribution in [0.15, 0.2) is 41.5 Å². The summed E-state index contributed by atoms with van der Waals surface area (Å²) in [5.41, 5.74) is -5.92. The minimum atomic E-state index is -2.47. The molecule has 1 aromatic carbocycles. The van der Waals surface area contributed by atoms with Crippen molar-refractivity contribution in [3.05, 3.63) is 47.0 Å². The van der Waals surface area contributed by atoms with Crippen molar-refractivity contribution in [3.8, 4) is 0 Å². The molecule has 9 atom stereocenters. The third-order valence-electron chi connectivity index (χ3n) is 12.7. The van der Waals surface area contributed by atoms with Crippen LogP contribution in [0, 0.1) is 16.7 Å². The smallest absolute Gasteiger partial charge is 0.454 e. The number of hydrogen-bond donors (Lipinski definition) is 0. The second kappa shape index (κ2) is 12.4. The van der Waals surface area contributed by atoms with E-state index in [0.717, 1.165) is 18.1 Å². The number of esters is 2. The lowest BCUT2D eigenvalue weighted by molar-refractivity contribution is -0.342. The van der Waals surface area contributed by atoms with Crippen molar-refractivity contribution in [1.82, 2.24) is 0 Å². The Morgan fingerprint density at radius 3 is 2.18 bits per heavy atom. The number of Topliss-reactive ketones (excluding diaryl/α,β-unsaturated/α-hetero) is 2. The summed E-state index contributed by atoms with van der Waals surface area (Å²) in [6, 6.07) is 10.6. The maximum Gasteiger partial charge on any atom is 0.510 e. The second-order valence-corrected chi connectivity index (χ2v) is 19.8. The van der Waals surface area contributed by atoms with Gasteiger partial charge in [0.1, 0.15) is 12.2 Å². The molecule has 0 aromatic heterocycles. The number of ketones is 2. The van der Waals surface area contributed by atoms with Gasteiger partial charge in [-0.15, -0.1) is 0 Å². The number of methoxy groups -OCH3 is 1. The van der Waals surface area contributed by atoms with Crippen molar-refractivity contribution in [1.29, 1.82) is 0 Å². The number of carbonyl (C=O) groups is 5. The van der Waals surface area contributed by atoms with Gasteiger partial charge >= 0.3 is 18.1 Å². The van der Waals surface area contributed by atoms with E-state index in [1.165, 1.54) is 14.0 Å². The molecule has 1 aromatic rings. The Balaban J connectivity index is 1.73. The Labute approximate surface area is 293 Å². The lowest BCUT2D eigenvalue weighted by atomic mass is 9.44. The van der Waals surface area contributed by atoms with Gasteiger partial charge in [-0.25, -0.2) is 9.59 Å². The van der Waals surface area contributed by atoms with Gasteiger partial charge in [0, 0.05) is 25.9 Å². The highest BCUT2D eigenvalue weighted by Gasteiger charge is 2.83. The highest BCUT2D eigenvalue weighted by Crippen LogP contribution is 2.66. The number of fused-ring (bicyclic) bond motifs is 4. The van der Waals surface area contributed by atoms with Gasteiger partial charge in [-0.3, -0.25) is 14.4 Å². The molecule has 2 bridgehead atoms. The van der Waals surface area contributed by atoms with Gasteiger partial charge in [-0.2, -0.15) is 0 Å². The van der Waals surface area contributed by atoms with E-state index in [-0.39, 0.29) is 24.2 Å². The zero-order chi connectivity index (χ0) is 36.6. The molecule has 5 aliphatic rings. The number of ether oxygens (including phenoxy) is 6. The van der Waals surface area contributed by atoms with E-state index in [1.54, 1.807) is 58.0 Å². The molecule has 0 radical (unpaired) electrons. The number of carbonyl (C=O) groups excluding carboxylic acids is 5. The highest BCUT2D eigenvalue weighted by atomic mass is 28.4. The number of benzene rings is 1. The Morgan fingerprint density at radius 2 is 1.64 bits per heavy atom. The minimum Gasteiger partial charge on any atom is -0.454 e. The first-order chi connectivity index (χ1) is 23.5. The van der Waals surface area contributed by atoms with Crippen LogP contribution in [-0.4, -0.2) is 93.4 Å². The molecule has 3 aliphatic carbocycles. The summed E-state index contributed by atoms with van der Waals surface area (Å²) in [7, 11) is -1.08. The normalized spacial score (nSPS) is 37.2. The number of hydrogen-bond acceptors (Lipinski definition) is 12. The van der Waals surface area contributed by atoms with Crippen molar-refractivity contribution in [2.45, 2.75) is 122 Å². The SMILES string of the molecule is CC[Si](CC)(CC)O[C@H]1C[C@H]2OC[C@@]2(OC(C)=O)[C@H]2[C@H](OC(=O)c3ccccc3)[C@]34OC(=O)O[C@H]3C(=O)C(C)=C([C@@H](OC)C(=O)[C@]12C)C4(C)C. The molecule has 50 heavy (non-hydrogen) atoms. The summed E-state index contributed by atoms with van der Waals surface area (Å²) < 4.78 is 44.3. The van der Waals surface area contributed by atoms with E-state index in [1.807, 2.05) is 0 Å². The lowest BCUT2D eigenvalue weighted by Gasteiger charge is -2.68. The van der Waals surface area contributed by atoms with Gasteiger partial charge in [0.05, 0.1) is 29.6 Å². The van der Waals surface area contributed by atoms with E-state index in [2.05, 4.69) is 20.8 Å². The number of rotatable bonds is 9. The maximum atomic E-state index is 15.7. The van der Waals surface area contributed by atoms with Crippen LogP contribution in [0.2, 0.25) is 18.1 Å². The van der Waals surface area contributed by atoms with Gasteiger partial charge in [-0.05, 0) is 55.3 Å². The molecule has 0 amide bonds. The quantitative estimate of drug-likeness (QED) is 0.190. The molecular formula is C37H48O12Si. The second-order valence-electron chi connectivity index (χ2n) is 15.0. The summed E-state index contributed by atoms with van der Waals surface area (Å²) in [6.45, 7) is 14.1. The van der Waals surface area contributed by atoms with E-state index >= 15 is 4.79 Å². The summed E-state index contributed by atoms with van der Waals surface area (Å²) in [4.78, 5) is 70.7. The molecule has 13 heteroatoms. The zero-order valence-electron chi connectivity index (χ0n) is 30.3. The predicted molar refractivity (Wildman–Crippen MR) is 180 cm³/mol. The summed E-state index contributed by atoms with van der Waals surface area (Å²) in [5.74, 6) is -3.72. The molecular weight excluding hydrogens is 664 g/mol. The fourth-order valence-electron chi connectivity index (χ4n) is 9.85. The van der Waals surface area contributed by atoms with Crippen molar-refractivity contribution in [2.75, 3.05) is 13.7 Å². The Kier molecular flexibility index (Phi) is 9.01. The van der Waals surface area contributed by atoms with Crippen LogP contribution in [0.3, 0.4) is 0 Å². The van der Waals surface area contributed by atoms with Crippen LogP contribution in [0.1, 0.15) is 72.2 Å². The highest BCUT2D eigenvalue weighted by molar-refractivity contribution is 6.73. The van der Waals surface area contributed by atoms with Crippen molar-refractivity contribution < 1.29 is 56.8 Å². The fourth-order valence-corrected chi connectivity index (χ4v) is 12.8. The van der Waals surface area contributed by atoms with Crippen LogP contribution in [0.5, 0.6) is 0 Å². The van der Waals surface area contributed by atoms with E-state index < -0.39 is 96.4 Å². The van der Waals surface area contributed by atoms with Crippen molar-refractivity contribution >= 4 is 38.0 Å². The third-order valence-corrected chi connectivity index (χ3v) is 17.4. The average molecular weight is 713 g/mol. The molecule has 0 unspecified atom stereocenters. The zero-order valence-corrected chi connectivity index (χ0v) is 31.3. The molecule has 272 valence electrons. The van der Waals surface area contributed by atoms with E-state index in [4.69, 9.17) is 32.8 Å². The van der Waals surface area contributed by atoms with Crippen LogP contribution >= 0.6 is 0 Å². The monoisotopic (exact) mass is 712 g/mol. The Hall–Kier alpha value is -3.39. The fraction of sp³-hybridized carbons (Fsp3) is 0.649. The molecule has 2 aliphatic heterocycles. The predicted octanol–water partition coefficient (Wildman–Crippen LogP) is 5.13. The van der Waals surface area contributed by atoms with Crippen LogP contribution in [0.4, 0.5) is 4.79 Å². The topological polar surface area (TPSA) is 150 Å². The van der Waals surface area contributed by atoms with Crippen molar-refractivity contribution in [3.63, 3.8) is 0 Å². The van der Waals surface area contributed by atoms with Crippen molar-refractivity contribution in [2.24, 2.45) is 16.7 Å². The molecule has 2 saturated heterocycles. The maximum absolute atomic E-state index is 15.7.